The monoisotopic (exact) mass is 748 g/mol. The first-order valence-electron chi connectivity index (χ1n) is 22.0. The molecule has 306 valence electrons. The molecule has 51 heavy (non-hydrogen) atoms. The Labute approximate surface area is 316 Å². The minimum absolute atomic E-state index is 0.0901. The van der Waals surface area contributed by atoms with E-state index in [1.54, 1.807) is 0 Å². The molecule has 0 rings (SSSR count). The lowest BCUT2D eigenvalue weighted by atomic mass is 10.0. The van der Waals surface area contributed by atoms with E-state index in [1.165, 1.54) is 173 Å². The van der Waals surface area contributed by atoms with Gasteiger partial charge < -0.3 is 20.1 Å². The second kappa shape index (κ2) is 40.7. The van der Waals surface area contributed by atoms with Gasteiger partial charge in [-0.25, -0.2) is 4.57 Å². The van der Waals surface area contributed by atoms with Crippen LogP contribution in [0.5, 0.6) is 0 Å². The molecule has 0 saturated heterocycles. The van der Waals surface area contributed by atoms with E-state index in [4.69, 9.17) is 24.3 Å². The number of carbonyl (C=O) groups is 1. The topological polar surface area (TPSA) is 117 Å². The van der Waals surface area contributed by atoms with Crippen molar-refractivity contribution in [2.75, 3.05) is 33.0 Å². The van der Waals surface area contributed by atoms with Crippen molar-refractivity contribution in [3.05, 3.63) is 0 Å². The van der Waals surface area contributed by atoms with Gasteiger partial charge in [0.2, 0.25) is 0 Å². The lowest BCUT2D eigenvalue weighted by Crippen LogP contribution is -2.28. The Bertz CT molecular complexity index is 757. The molecule has 0 aromatic carbocycles. The average molecular weight is 748 g/mol. The van der Waals surface area contributed by atoms with Gasteiger partial charge in [-0.15, -0.1) is 0 Å². The maximum Gasteiger partial charge on any atom is 0.472 e. The first-order chi connectivity index (χ1) is 24.9. The number of hydrogen-bond donors (Lipinski definition) is 2. The van der Waals surface area contributed by atoms with Crippen molar-refractivity contribution < 1.29 is 32.8 Å². The van der Waals surface area contributed by atoms with E-state index in [9.17, 15) is 14.3 Å². The average Bonchev–Trinajstić information content (AvgIpc) is 3.12. The number of carbonyl (C=O) groups excluding carboxylic acids is 1. The minimum Gasteiger partial charge on any atom is -0.457 e. The van der Waals surface area contributed by atoms with Crippen LogP contribution in [0.15, 0.2) is 0 Å². The summed E-state index contributed by atoms with van der Waals surface area (Å²) in [6, 6.07) is 0. The summed E-state index contributed by atoms with van der Waals surface area (Å²) < 4.78 is 33.4. The molecule has 0 aromatic rings. The van der Waals surface area contributed by atoms with Gasteiger partial charge in [0, 0.05) is 19.6 Å². The molecular formula is C42H86NO7P. The fraction of sp³-hybridized carbons (Fsp3) is 0.976. The van der Waals surface area contributed by atoms with Gasteiger partial charge in [0.25, 0.3) is 0 Å². The Morgan fingerprint density at radius 1 is 0.510 bits per heavy atom. The van der Waals surface area contributed by atoms with E-state index in [-0.39, 0.29) is 32.3 Å². The summed E-state index contributed by atoms with van der Waals surface area (Å²) in [4.78, 5) is 22.4. The van der Waals surface area contributed by atoms with Crippen molar-refractivity contribution in [3.63, 3.8) is 0 Å². The Morgan fingerprint density at radius 2 is 0.863 bits per heavy atom. The molecule has 8 nitrogen and oxygen atoms in total. The number of rotatable bonds is 43. The lowest BCUT2D eigenvalue weighted by Gasteiger charge is -2.20. The van der Waals surface area contributed by atoms with Crippen molar-refractivity contribution in [1.82, 2.24) is 0 Å². The summed E-state index contributed by atoms with van der Waals surface area (Å²) in [6.07, 6.45) is 41.2. The zero-order valence-electron chi connectivity index (χ0n) is 33.9. The number of nitrogens with two attached hydrogens (primary N) is 1. The van der Waals surface area contributed by atoms with E-state index in [2.05, 4.69) is 13.8 Å². The summed E-state index contributed by atoms with van der Waals surface area (Å²) in [5.74, 6) is -0.325. The molecule has 0 saturated carbocycles. The molecule has 0 aromatic heterocycles. The zero-order valence-corrected chi connectivity index (χ0v) is 34.8. The highest BCUT2D eigenvalue weighted by atomic mass is 31.2. The zero-order chi connectivity index (χ0) is 37.4. The van der Waals surface area contributed by atoms with Gasteiger partial charge >= 0.3 is 13.8 Å². The summed E-state index contributed by atoms with van der Waals surface area (Å²) in [5, 5.41) is 0. The summed E-state index contributed by atoms with van der Waals surface area (Å²) in [7, 11) is -4.27. The molecule has 3 N–H and O–H groups in total. The largest absolute Gasteiger partial charge is 0.472 e. The maximum absolute atomic E-state index is 12.5. The van der Waals surface area contributed by atoms with E-state index in [1.807, 2.05) is 0 Å². The van der Waals surface area contributed by atoms with Gasteiger partial charge in [-0.05, 0) is 12.8 Å². The standard InChI is InChI=1S/C42H86NO7P/c1-3-5-7-9-11-13-15-17-18-19-20-21-22-23-24-26-28-30-32-34-37-47-39-41(40-49-51(45,46)48-38-36-43)50-42(44)35-33-31-29-27-25-16-14-12-10-8-6-4-2/h41H,3-40,43H2,1-2H3,(H,45,46). The SMILES string of the molecule is CCCCCCCCCCCCCCCCCCCCCCOCC(COP(=O)(O)OCCN)OC(=O)CCCCCCCCCCCCCC. The molecule has 0 radical (unpaired) electrons. The highest BCUT2D eigenvalue weighted by molar-refractivity contribution is 7.47. The van der Waals surface area contributed by atoms with Crippen molar-refractivity contribution in [2.45, 2.75) is 232 Å². The van der Waals surface area contributed by atoms with Gasteiger partial charge in [-0.1, -0.05) is 206 Å². The summed E-state index contributed by atoms with van der Waals surface area (Å²) in [6.45, 7) is 4.98. The third-order valence-electron chi connectivity index (χ3n) is 9.77. The third kappa shape index (κ3) is 40.5. The van der Waals surface area contributed by atoms with Crippen LogP contribution in [0.2, 0.25) is 0 Å². The lowest BCUT2D eigenvalue weighted by molar-refractivity contribution is -0.154. The first kappa shape index (κ1) is 50.5. The van der Waals surface area contributed by atoms with Crippen LogP contribution in [0.25, 0.3) is 0 Å². The molecule has 0 fully saturated rings. The number of esters is 1. The van der Waals surface area contributed by atoms with Gasteiger partial charge in [-0.3, -0.25) is 13.8 Å². The first-order valence-corrected chi connectivity index (χ1v) is 23.5. The fourth-order valence-corrected chi connectivity index (χ4v) is 7.29. The Morgan fingerprint density at radius 3 is 1.24 bits per heavy atom. The molecule has 9 heteroatoms. The van der Waals surface area contributed by atoms with E-state index in [0.29, 0.717) is 13.0 Å². The second-order valence-electron chi connectivity index (χ2n) is 14.9. The van der Waals surface area contributed by atoms with Crippen LogP contribution in [0.3, 0.4) is 0 Å². The van der Waals surface area contributed by atoms with Gasteiger partial charge in [0.1, 0.15) is 6.10 Å². The number of hydrogen-bond acceptors (Lipinski definition) is 7. The third-order valence-corrected chi connectivity index (χ3v) is 10.8. The smallest absolute Gasteiger partial charge is 0.457 e. The van der Waals surface area contributed by atoms with Crippen LogP contribution < -0.4 is 5.73 Å². The van der Waals surface area contributed by atoms with E-state index >= 15 is 0 Å². The van der Waals surface area contributed by atoms with Gasteiger partial charge in [0.15, 0.2) is 0 Å². The molecular weight excluding hydrogens is 661 g/mol. The molecule has 0 spiro atoms. The predicted molar refractivity (Wildman–Crippen MR) is 215 cm³/mol. The van der Waals surface area contributed by atoms with Crippen LogP contribution in [0, 0.1) is 0 Å². The van der Waals surface area contributed by atoms with Crippen molar-refractivity contribution in [3.8, 4) is 0 Å². The van der Waals surface area contributed by atoms with E-state index in [0.717, 1.165) is 32.1 Å². The van der Waals surface area contributed by atoms with Crippen LogP contribution >= 0.6 is 7.82 Å². The number of phosphoric acid groups is 1. The molecule has 0 heterocycles. The number of ether oxygens (including phenoxy) is 2. The van der Waals surface area contributed by atoms with Crippen molar-refractivity contribution in [2.24, 2.45) is 5.73 Å². The van der Waals surface area contributed by atoms with Crippen molar-refractivity contribution >= 4 is 13.8 Å². The van der Waals surface area contributed by atoms with Crippen LogP contribution in [0.1, 0.15) is 226 Å². The quantitative estimate of drug-likeness (QED) is 0.0360. The Kier molecular flexibility index (Phi) is 40.3. The van der Waals surface area contributed by atoms with Crippen LogP contribution in [0.4, 0.5) is 0 Å². The summed E-state index contributed by atoms with van der Waals surface area (Å²) in [5.41, 5.74) is 5.37. The molecule has 2 atom stereocenters. The van der Waals surface area contributed by atoms with E-state index < -0.39 is 13.9 Å². The highest BCUT2D eigenvalue weighted by Crippen LogP contribution is 2.43. The number of unbranched alkanes of at least 4 members (excludes halogenated alkanes) is 30. The predicted octanol–water partition coefficient (Wildman–Crippen LogP) is 12.9. The number of phosphoric ester groups is 1. The van der Waals surface area contributed by atoms with Gasteiger partial charge in [0.05, 0.1) is 19.8 Å². The Hall–Kier alpha value is -0.500. The molecule has 2 unspecified atom stereocenters. The molecule has 0 aliphatic carbocycles. The molecule has 0 aliphatic heterocycles. The molecule has 0 bridgehead atoms. The van der Waals surface area contributed by atoms with Gasteiger partial charge in [-0.2, -0.15) is 0 Å². The normalized spacial score (nSPS) is 13.4. The van der Waals surface area contributed by atoms with Crippen molar-refractivity contribution in [1.29, 1.82) is 0 Å². The van der Waals surface area contributed by atoms with Crippen LogP contribution in [-0.4, -0.2) is 49.9 Å². The van der Waals surface area contributed by atoms with Crippen LogP contribution in [-0.2, 0) is 27.9 Å². The minimum atomic E-state index is -4.27. The molecule has 0 amide bonds. The fourth-order valence-electron chi connectivity index (χ4n) is 6.53. The maximum atomic E-state index is 12.5. The molecule has 0 aliphatic rings. The second-order valence-corrected chi connectivity index (χ2v) is 16.4. The summed E-state index contributed by atoms with van der Waals surface area (Å²) >= 11 is 0. The highest BCUT2D eigenvalue weighted by Gasteiger charge is 2.25. The Balaban J connectivity index is 3.91.